The van der Waals surface area contributed by atoms with Crippen molar-refractivity contribution in [3.63, 3.8) is 0 Å². The van der Waals surface area contributed by atoms with Gasteiger partial charge >= 0.3 is 11.9 Å². The summed E-state index contributed by atoms with van der Waals surface area (Å²) in [5, 5.41) is 36.5. The van der Waals surface area contributed by atoms with Crippen molar-refractivity contribution in [3.8, 4) is 17.2 Å². The number of aliphatic hydroxyl groups is 1. The number of phenols is 2. The number of carbonyl (C=O) groups excluding carboxylic acids is 6. The molecule has 19 nitrogen and oxygen atoms in total. The maximum atomic E-state index is 14.3. The van der Waals surface area contributed by atoms with Crippen molar-refractivity contribution in [2.75, 3.05) is 27.8 Å². The van der Waals surface area contributed by atoms with Gasteiger partial charge in [0.15, 0.2) is 37.0 Å². The van der Waals surface area contributed by atoms with Gasteiger partial charge in [0.05, 0.1) is 48.5 Å². The van der Waals surface area contributed by atoms with E-state index in [-0.39, 0.29) is 59.5 Å². The van der Waals surface area contributed by atoms with Crippen molar-refractivity contribution in [1.29, 1.82) is 0 Å². The van der Waals surface area contributed by atoms with Crippen LogP contribution in [0.3, 0.4) is 0 Å². The van der Waals surface area contributed by atoms with Crippen molar-refractivity contribution in [2.24, 2.45) is 0 Å². The van der Waals surface area contributed by atoms with Crippen LogP contribution in [-0.4, -0.2) is 150 Å². The molecule has 3 aromatic carbocycles. The maximum Gasteiger partial charge on any atom is 0.310 e. The lowest BCUT2D eigenvalue weighted by molar-refractivity contribution is -0.325. The molecule has 5 aliphatic rings. The average molecular weight is 974 g/mol. The summed E-state index contributed by atoms with van der Waals surface area (Å²) in [4.78, 5) is 81.6. The summed E-state index contributed by atoms with van der Waals surface area (Å²) in [7, 11) is 4.96. The molecule has 12 atom stereocenters. The summed E-state index contributed by atoms with van der Waals surface area (Å²) >= 11 is 0. The van der Waals surface area contributed by atoms with E-state index in [1.807, 2.05) is 19.0 Å². The SMILES string of the molecule is COc1cccc2c1C(=O)c1c(O)c3c(c(O)c1C2=O)CC(O)(C(=O)COC(=O)Cc1ccccc1)CC3OC1CC(N(C)C)C(OC2CC(OC(C)=O)C(OC3CCC(=O)C(C)O3)C(C)O2)C(C)O1. The summed E-state index contributed by atoms with van der Waals surface area (Å²) in [6.45, 7) is 5.59. The monoisotopic (exact) mass is 973 g/mol. The normalized spacial score (nSPS) is 30.8. The zero-order valence-corrected chi connectivity index (χ0v) is 40.0. The second kappa shape index (κ2) is 20.6. The largest absolute Gasteiger partial charge is 0.507 e. The molecule has 0 bridgehead atoms. The van der Waals surface area contributed by atoms with Crippen molar-refractivity contribution in [3.05, 3.63) is 87.5 Å². The van der Waals surface area contributed by atoms with E-state index < -0.39 is 145 Å². The van der Waals surface area contributed by atoms with E-state index in [0.29, 0.717) is 12.0 Å². The number of fused-ring (bicyclic) bond motifs is 3. The number of benzene rings is 3. The maximum absolute atomic E-state index is 14.3. The summed E-state index contributed by atoms with van der Waals surface area (Å²) in [6, 6.07) is 12.6. The number of likely N-dealkylation sites (N-methyl/N-ethyl adjacent to an activating group) is 1. The Balaban J connectivity index is 1.06. The molecule has 3 fully saturated rings. The van der Waals surface area contributed by atoms with Crippen LogP contribution in [-0.2, 0) is 69.9 Å². The Labute approximate surface area is 404 Å². The fourth-order valence-electron chi connectivity index (χ4n) is 10.2. The standard InChI is InChI=1S/C51H59NO18/c1-24-32(54)16-17-38(64-24)69-50-26(3)66-40(20-34(50)67-27(4)53)70-49-25(2)65-39(19-31(49)52(5)6)68-35-22-51(61,36(55)23-63-37(56)18-28-12-9-8-10-13-28)21-30-42(35)48(60)44-43(46(30)58)45(57)29-14-11-15-33(62-7)41(29)47(44)59/h8-15,24-26,31,34-35,38-40,49-50,58,60-61H,16-23H2,1-7H3. The Morgan fingerprint density at radius 3 is 2.14 bits per heavy atom. The van der Waals surface area contributed by atoms with E-state index in [1.165, 1.54) is 32.2 Å². The zero-order chi connectivity index (χ0) is 50.3. The number of carbonyl (C=O) groups is 6. The van der Waals surface area contributed by atoms with Crippen LogP contribution < -0.4 is 4.74 Å². The van der Waals surface area contributed by atoms with Gasteiger partial charge in [-0.25, -0.2) is 0 Å². The van der Waals surface area contributed by atoms with Crippen molar-refractivity contribution >= 4 is 35.1 Å². The highest BCUT2D eigenvalue weighted by atomic mass is 16.7. The smallest absolute Gasteiger partial charge is 0.310 e. The van der Waals surface area contributed by atoms with Gasteiger partial charge in [-0.1, -0.05) is 42.5 Å². The minimum Gasteiger partial charge on any atom is -0.507 e. The summed E-state index contributed by atoms with van der Waals surface area (Å²) in [5.41, 5.74) is -3.38. The van der Waals surface area contributed by atoms with Crippen molar-refractivity contribution < 1.29 is 86.7 Å². The van der Waals surface area contributed by atoms with Gasteiger partial charge in [-0.05, 0) is 46.5 Å². The minimum atomic E-state index is -2.40. The average Bonchev–Trinajstić information content (AvgIpc) is 3.31. The molecule has 3 aromatic rings. The predicted octanol–water partition coefficient (Wildman–Crippen LogP) is 3.97. The molecular formula is C51H59NO18. The van der Waals surface area contributed by atoms with E-state index in [0.717, 1.165) is 0 Å². The molecule has 19 heteroatoms. The number of hydrogen-bond donors (Lipinski definition) is 3. The van der Waals surface area contributed by atoms with Crippen LogP contribution in [0.15, 0.2) is 48.5 Å². The van der Waals surface area contributed by atoms with E-state index in [4.69, 9.17) is 42.6 Å². The molecule has 0 amide bonds. The molecule has 12 unspecified atom stereocenters. The first-order valence-electron chi connectivity index (χ1n) is 23.4. The molecule has 0 saturated carbocycles. The van der Waals surface area contributed by atoms with Gasteiger partial charge in [0.25, 0.3) is 0 Å². The molecule has 0 spiro atoms. The number of esters is 2. The number of nitrogens with zero attached hydrogens (tertiary/aromatic N) is 1. The molecule has 3 N–H and O–H groups in total. The number of ketones is 4. The van der Waals surface area contributed by atoms with Gasteiger partial charge < -0.3 is 62.9 Å². The van der Waals surface area contributed by atoms with Crippen LogP contribution in [0.25, 0.3) is 0 Å². The minimum absolute atomic E-state index is 0.0301. The van der Waals surface area contributed by atoms with Crippen LogP contribution in [0, 0.1) is 0 Å². The highest BCUT2D eigenvalue weighted by molar-refractivity contribution is 6.31. The summed E-state index contributed by atoms with van der Waals surface area (Å²) < 4.78 is 54.5. The Bertz CT molecular complexity index is 2530. The summed E-state index contributed by atoms with van der Waals surface area (Å²) in [5.74, 6) is -5.25. The Morgan fingerprint density at radius 1 is 0.800 bits per heavy atom. The molecular weight excluding hydrogens is 915 g/mol. The molecule has 8 rings (SSSR count). The van der Waals surface area contributed by atoms with Crippen LogP contribution in [0.5, 0.6) is 17.2 Å². The number of aromatic hydroxyl groups is 2. The number of hydrogen-bond acceptors (Lipinski definition) is 19. The van der Waals surface area contributed by atoms with Gasteiger partial charge in [0.2, 0.25) is 11.6 Å². The molecule has 3 aliphatic heterocycles. The number of rotatable bonds is 14. The quantitative estimate of drug-likeness (QED) is 0.119. The van der Waals surface area contributed by atoms with Crippen LogP contribution >= 0.6 is 0 Å². The molecule has 3 saturated heterocycles. The molecule has 2 aliphatic carbocycles. The van der Waals surface area contributed by atoms with E-state index in [2.05, 4.69) is 0 Å². The first-order chi connectivity index (χ1) is 33.3. The number of phenolic OH excluding ortho intramolecular Hbond substituents is 2. The lowest BCUT2D eigenvalue weighted by Crippen LogP contribution is -2.58. The highest BCUT2D eigenvalue weighted by Gasteiger charge is 2.52. The lowest BCUT2D eigenvalue weighted by Gasteiger charge is -2.47. The Hall–Kier alpha value is -5.64. The third kappa shape index (κ3) is 10.1. The van der Waals surface area contributed by atoms with Crippen LogP contribution in [0.4, 0.5) is 0 Å². The summed E-state index contributed by atoms with van der Waals surface area (Å²) in [6.07, 6.45) is -9.08. The molecule has 0 aromatic heterocycles. The fraction of sp³-hybridized carbons (Fsp3) is 0.529. The zero-order valence-electron chi connectivity index (χ0n) is 40.0. The van der Waals surface area contributed by atoms with E-state index in [9.17, 15) is 44.1 Å². The van der Waals surface area contributed by atoms with Gasteiger partial charge in [0, 0.05) is 68.2 Å². The van der Waals surface area contributed by atoms with Gasteiger partial charge in [-0.15, -0.1) is 0 Å². The first-order valence-corrected chi connectivity index (χ1v) is 23.4. The highest BCUT2D eigenvalue weighted by Crippen LogP contribution is 2.53. The second-order valence-electron chi connectivity index (χ2n) is 18.8. The Morgan fingerprint density at radius 2 is 1.47 bits per heavy atom. The molecule has 376 valence electrons. The molecule has 3 heterocycles. The third-order valence-electron chi connectivity index (χ3n) is 13.8. The van der Waals surface area contributed by atoms with Crippen LogP contribution in [0.2, 0.25) is 0 Å². The van der Waals surface area contributed by atoms with E-state index >= 15 is 0 Å². The number of Topliss-reactive ketones (excluding diaryl/α,β-unsaturated/α-hetero) is 2. The predicted molar refractivity (Wildman–Crippen MR) is 242 cm³/mol. The van der Waals surface area contributed by atoms with Crippen molar-refractivity contribution in [2.45, 2.75) is 146 Å². The second-order valence-corrected chi connectivity index (χ2v) is 18.8. The lowest BCUT2D eigenvalue weighted by atomic mass is 9.72. The third-order valence-corrected chi connectivity index (χ3v) is 13.8. The van der Waals surface area contributed by atoms with Crippen LogP contribution in [0.1, 0.15) is 114 Å². The number of ether oxygens (including phenoxy) is 9. The van der Waals surface area contributed by atoms with Crippen molar-refractivity contribution in [1.82, 2.24) is 4.90 Å². The van der Waals surface area contributed by atoms with Gasteiger partial charge in [-0.2, -0.15) is 0 Å². The Kier molecular flexibility index (Phi) is 14.9. The number of methoxy groups -OCH3 is 1. The van der Waals surface area contributed by atoms with Gasteiger partial charge in [0.1, 0.15) is 47.3 Å². The molecule has 0 radical (unpaired) electrons. The molecule has 70 heavy (non-hydrogen) atoms. The topological polar surface area (TPSA) is 249 Å². The first kappa shape index (κ1) is 50.7. The van der Waals surface area contributed by atoms with Gasteiger partial charge in [-0.3, -0.25) is 28.8 Å². The fourth-order valence-corrected chi connectivity index (χ4v) is 10.2. The van der Waals surface area contributed by atoms with E-state index in [1.54, 1.807) is 51.1 Å².